The number of carbonyl (C=O) groups excluding carboxylic acids is 1. The first kappa shape index (κ1) is 23.0. The number of likely N-dealkylation sites (tertiary alicyclic amines) is 2. The molecule has 0 N–H and O–H groups in total. The molecule has 2 fully saturated rings. The first-order valence-electron chi connectivity index (χ1n) is 12.7. The van der Waals surface area contributed by atoms with Crippen LogP contribution >= 0.6 is 0 Å². The van der Waals surface area contributed by atoms with E-state index in [1.54, 1.807) is 0 Å². The number of halogens is 1. The smallest absolute Gasteiger partial charge is 0.229 e. The second kappa shape index (κ2) is 9.87. The van der Waals surface area contributed by atoms with E-state index in [-0.39, 0.29) is 11.2 Å². The third-order valence-corrected chi connectivity index (χ3v) is 8.00. The topological polar surface area (TPSA) is 40.9 Å². The van der Waals surface area contributed by atoms with E-state index in [0.29, 0.717) is 18.2 Å². The van der Waals surface area contributed by atoms with Crippen molar-refractivity contribution in [3.8, 4) is 0 Å². The van der Waals surface area contributed by atoms with E-state index in [4.69, 9.17) is 0 Å². The van der Waals surface area contributed by atoms with E-state index >= 15 is 0 Å². The van der Waals surface area contributed by atoms with Crippen LogP contribution in [0.15, 0.2) is 55.0 Å². The number of aromatic nitrogens is 2. The Bertz CT molecular complexity index is 1120. The zero-order valence-corrected chi connectivity index (χ0v) is 20.1. The van der Waals surface area contributed by atoms with Crippen molar-refractivity contribution in [2.24, 2.45) is 11.3 Å². The Hall–Kier alpha value is -2.73. The predicted octanol–water partition coefficient (Wildman–Crippen LogP) is 4.60. The minimum atomic E-state index is -0.386. The molecule has 2 aliphatic heterocycles. The largest absolute Gasteiger partial charge is 0.342 e. The summed E-state index contributed by atoms with van der Waals surface area (Å²) in [6, 6.07) is 10.9. The maximum absolute atomic E-state index is 14.0. The average molecular weight is 463 g/mol. The Labute approximate surface area is 201 Å². The molecule has 0 radical (unpaired) electrons. The Morgan fingerprint density at radius 2 is 1.85 bits per heavy atom. The molecule has 1 aromatic carbocycles. The number of benzene rings is 1. The molecule has 5 rings (SSSR count). The van der Waals surface area contributed by atoms with Gasteiger partial charge in [-0.25, -0.2) is 4.39 Å². The van der Waals surface area contributed by atoms with Gasteiger partial charge in [0.25, 0.3) is 0 Å². The summed E-state index contributed by atoms with van der Waals surface area (Å²) in [6.45, 7) is 3.50. The first-order chi connectivity index (χ1) is 16.5. The number of hydrogen-bond donors (Lipinski definition) is 0. The summed E-state index contributed by atoms with van der Waals surface area (Å²) in [5.41, 5.74) is 3.01. The van der Waals surface area contributed by atoms with E-state index in [1.165, 1.54) is 17.6 Å². The molecule has 2 saturated heterocycles. The molecule has 180 valence electrons. The molecule has 4 heterocycles. The van der Waals surface area contributed by atoms with Crippen LogP contribution in [0.25, 0.3) is 5.52 Å². The monoisotopic (exact) mass is 462 g/mol. The highest BCUT2D eigenvalue weighted by molar-refractivity contribution is 5.83. The quantitative estimate of drug-likeness (QED) is 0.557. The van der Waals surface area contributed by atoms with Crippen molar-refractivity contribution in [3.05, 3.63) is 72.1 Å². The number of amides is 1. The van der Waals surface area contributed by atoms with Gasteiger partial charge in [-0.3, -0.25) is 9.78 Å². The number of carbonyl (C=O) groups is 1. The van der Waals surface area contributed by atoms with Gasteiger partial charge in [-0.1, -0.05) is 12.1 Å². The molecule has 0 aliphatic carbocycles. The van der Waals surface area contributed by atoms with E-state index in [1.807, 2.05) is 24.5 Å². The highest BCUT2D eigenvalue weighted by Crippen LogP contribution is 2.38. The number of rotatable bonds is 5. The third kappa shape index (κ3) is 4.88. The zero-order chi connectivity index (χ0) is 23.5. The molecule has 5 nitrogen and oxygen atoms in total. The van der Waals surface area contributed by atoms with Crippen molar-refractivity contribution in [2.45, 2.75) is 44.9 Å². The molecule has 2 aromatic heterocycles. The Balaban J connectivity index is 1.29. The maximum atomic E-state index is 14.0. The van der Waals surface area contributed by atoms with E-state index in [9.17, 15) is 9.18 Å². The number of nitrogens with zero attached hydrogens (tertiary/aromatic N) is 4. The number of piperidine rings is 1. The second-order valence-corrected chi connectivity index (χ2v) is 10.4. The van der Waals surface area contributed by atoms with E-state index in [2.05, 4.69) is 44.6 Å². The van der Waals surface area contributed by atoms with Gasteiger partial charge >= 0.3 is 0 Å². The third-order valence-electron chi connectivity index (χ3n) is 8.00. The Kier molecular flexibility index (Phi) is 6.68. The standard InChI is InChI=1S/C28H35FN4O/c1-31-17-11-28(12-18-31,21-23-6-8-24(29)9-7-23)27(34)33-15-2-4-22(10-16-33)20-25-26-5-3-14-32(26)19-13-30-25/h3,5-9,13-14,19,22H,2,4,10-12,15-18,20-21H2,1H3. The van der Waals surface area contributed by atoms with Gasteiger partial charge in [0.1, 0.15) is 5.82 Å². The summed E-state index contributed by atoms with van der Waals surface area (Å²) >= 11 is 0. The van der Waals surface area contributed by atoms with E-state index in [0.717, 1.165) is 76.0 Å². The summed E-state index contributed by atoms with van der Waals surface area (Å²) in [6.07, 6.45) is 12.5. The lowest BCUT2D eigenvalue weighted by Gasteiger charge is -2.42. The molecule has 3 aromatic rings. The van der Waals surface area contributed by atoms with Gasteiger partial charge in [0.2, 0.25) is 5.91 Å². The molecule has 0 saturated carbocycles. The second-order valence-electron chi connectivity index (χ2n) is 10.4. The van der Waals surface area contributed by atoms with Crippen LogP contribution in [0, 0.1) is 17.2 Å². The fourth-order valence-electron chi connectivity index (χ4n) is 5.87. The number of hydrogen-bond acceptors (Lipinski definition) is 3. The lowest BCUT2D eigenvalue weighted by Crippen LogP contribution is -2.51. The molecule has 2 aliphatic rings. The predicted molar refractivity (Wildman–Crippen MR) is 132 cm³/mol. The highest BCUT2D eigenvalue weighted by Gasteiger charge is 2.43. The Morgan fingerprint density at radius 1 is 1.06 bits per heavy atom. The highest BCUT2D eigenvalue weighted by atomic mass is 19.1. The molecule has 0 spiro atoms. The van der Waals surface area contributed by atoms with Crippen molar-refractivity contribution in [1.82, 2.24) is 19.2 Å². The summed E-state index contributed by atoms with van der Waals surface area (Å²) in [5, 5.41) is 0. The molecule has 0 bridgehead atoms. The van der Waals surface area contributed by atoms with Crippen molar-refractivity contribution < 1.29 is 9.18 Å². The molecule has 1 atom stereocenters. The summed E-state index contributed by atoms with van der Waals surface area (Å²) in [7, 11) is 2.13. The van der Waals surface area contributed by atoms with E-state index < -0.39 is 0 Å². The first-order valence-corrected chi connectivity index (χ1v) is 12.7. The fourth-order valence-corrected chi connectivity index (χ4v) is 5.87. The van der Waals surface area contributed by atoms with Crippen molar-refractivity contribution in [2.75, 3.05) is 33.2 Å². The van der Waals surface area contributed by atoms with Crippen LogP contribution in [-0.2, 0) is 17.6 Å². The minimum absolute atomic E-state index is 0.226. The van der Waals surface area contributed by atoms with Gasteiger partial charge < -0.3 is 14.2 Å². The van der Waals surface area contributed by atoms with Crippen LogP contribution in [-0.4, -0.2) is 58.3 Å². The van der Waals surface area contributed by atoms with Crippen LogP contribution in [0.1, 0.15) is 43.4 Å². The molecular weight excluding hydrogens is 427 g/mol. The van der Waals surface area contributed by atoms with Gasteiger partial charge in [0, 0.05) is 31.7 Å². The van der Waals surface area contributed by atoms with Crippen LogP contribution in [0.2, 0.25) is 0 Å². The van der Waals surface area contributed by atoms with Gasteiger partial charge in [-0.15, -0.1) is 0 Å². The van der Waals surface area contributed by atoms with Gasteiger partial charge in [0.05, 0.1) is 16.6 Å². The van der Waals surface area contributed by atoms with Gasteiger partial charge in [0.15, 0.2) is 0 Å². The summed E-state index contributed by atoms with van der Waals surface area (Å²) in [5.74, 6) is 0.616. The van der Waals surface area contributed by atoms with Crippen molar-refractivity contribution in [3.63, 3.8) is 0 Å². The van der Waals surface area contributed by atoms with Gasteiger partial charge in [-0.2, -0.15) is 0 Å². The molecule has 34 heavy (non-hydrogen) atoms. The normalized spacial score (nSPS) is 21.5. The lowest BCUT2D eigenvalue weighted by atomic mass is 9.72. The Morgan fingerprint density at radius 3 is 2.65 bits per heavy atom. The molecule has 1 amide bonds. The van der Waals surface area contributed by atoms with Crippen LogP contribution in [0.5, 0.6) is 0 Å². The van der Waals surface area contributed by atoms with Crippen molar-refractivity contribution >= 4 is 11.4 Å². The fraction of sp³-hybridized carbons (Fsp3) is 0.500. The molecule has 1 unspecified atom stereocenters. The number of fused-ring (bicyclic) bond motifs is 1. The lowest BCUT2D eigenvalue weighted by molar-refractivity contribution is -0.145. The van der Waals surface area contributed by atoms with Crippen LogP contribution < -0.4 is 0 Å². The molecular formula is C28H35FN4O. The van der Waals surface area contributed by atoms with Gasteiger partial charge in [-0.05, 0) is 101 Å². The van der Waals surface area contributed by atoms with Crippen LogP contribution in [0.4, 0.5) is 4.39 Å². The zero-order valence-electron chi connectivity index (χ0n) is 20.1. The average Bonchev–Trinajstić information content (AvgIpc) is 3.22. The summed E-state index contributed by atoms with van der Waals surface area (Å²) in [4.78, 5) is 23.1. The maximum Gasteiger partial charge on any atom is 0.229 e. The van der Waals surface area contributed by atoms with Crippen molar-refractivity contribution in [1.29, 1.82) is 0 Å². The molecule has 6 heteroatoms. The SMILES string of the molecule is CN1CCC(Cc2ccc(F)cc2)(C(=O)N2CCCC(Cc3nccn4cccc34)CC2)CC1. The minimum Gasteiger partial charge on any atom is -0.342 e. The van der Waals surface area contributed by atoms with Crippen LogP contribution in [0.3, 0.4) is 0 Å². The summed E-state index contributed by atoms with van der Waals surface area (Å²) < 4.78 is 15.6.